The number of benzene rings is 11. The Morgan fingerprint density at radius 3 is 1.44 bits per heavy atom. The fourth-order valence-electron chi connectivity index (χ4n) is 11.6. The predicted octanol–water partition coefficient (Wildman–Crippen LogP) is 18.7. The predicted molar refractivity (Wildman–Crippen MR) is 330 cm³/mol. The van der Waals surface area contributed by atoms with E-state index in [-0.39, 0.29) is 0 Å². The third-order valence-electron chi connectivity index (χ3n) is 15.5. The fraction of sp³-hybridized carbons (Fsp3) is 0.0685. The van der Waals surface area contributed by atoms with Gasteiger partial charge in [-0.15, -0.1) is 0 Å². The van der Waals surface area contributed by atoms with E-state index in [2.05, 4.69) is 295 Å². The summed E-state index contributed by atoms with van der Waals surface area (Å²) >= 11 is 0. The zero-order valence-electron chi connectivity index (χ0n) is 43.4. The Morgan fingerprint density at radius 2 is 0.896 bits per heavy atom. The van der Waals surface area contributed by atoms with Crippen molar-refractivity contribution in [1.82, 2.24) is 0 Å². The van der Waals surface area contributed by atoms with Crippen molar-refractivity contribution >= 4 is 69.3 Å². The number of nitrogens with zero attached hydrogens (tertiary/aromatic N) is 2. The van der Waals surface area contributed by atoms with Gasteiger partial charge in [0.05, 0.1) is 0 Å². The number of aryl methyl sites for hydroxylation is 1. The summed E-state index contributed by atoms with van der Waals surface area (Å²) in [5.74, 6) is 0. The summed E-state index contributed by atoms with van der Waals surface area (Å²) in [6.07, 6.45) is 7.27. The van der Waals surface area contributed by atoms with Gasteiger partial charge in [0, 0.05) is 51.1 Å². The van der Waals surface area contributed by atoms with Gasteiger partial charge in [0.15, 0.2) is 7.28 Å². The first-order valence-electron chi connectivity index (χ1n) is 27.2. The minimum absolute atomic E-state index is 0.767. The molecule has 0 fully saturated rings. The Kier molecular flexibility index (Phi) is 13.0. The molecule has 4 heteroatoms. The lowest BCUT2D eigenvalue weighted by molar-refractivity contribution is 0.742. The first kappa shape index (κ1) is 47.3. The van der Waals surface area contributed by atoms with Crippen LogP contribution in [0.4, 0.5) is 45.5 Å². The van der Waals surface area contributed by atoms with E-state index in [9.17, 15) is 0 Å². The summed E-state index contributed by atoms with van der Waals surface area (Å²) < 4.78 is 0. The number of hydrogen-bond acceptors (Lipinski definition) is 3. The van der Waals surface area contributed by atoms with Crippen LogP contribution in [0.5, 0.6) is 0 Å². The zero-order valence-corrected chi connectivity index (χ0v) is 43.4. The summed E-state index contributed by atoms with van der Waals surface area (Å²) in [5.41, 5.74) is 27.3. The normalized spacial score (nSPS) is 12.7. The second kappa shape index (κ2) is 21.1. The van der Waals surface area contributed by atoms with Gasteiger partial charge in [-0.25, -0.2) is 0 Å². The van der Waals surface area contributed by atoms with Crippen molar-refractivity contribution in [2.24, 2.45) is 0 Å². The number of rotatable bonds is 12. The summed E-state index contributed by atoms with van der Waals surface area (Å²) in [4.78, 5) is 4.93. The highest BCUT2D eigenvalue weighted by molar-refractivity contribution is 6.73. The molecule has 0 aromatic heterocycles. The van der Waals surface area contributed by atoms with E-state index in [0.717, 1.165) is 59.8 Å². The molecule has 368 valence electrons. The second-order valence-electron chi connectivity index (χ2n) is 20.5. The van der Waals surface area contributed by atoms with Crippen LogP contribution >= 0.6 is 0 Å². The largest absolute Gasteiger partial charge is 0.355 e. The molecular weight excluding hydrogens is 930 g/mol. The highest BCUT2D eigenvalue weighted by atomic mass is 15.2. The molecule has 0 spiro atoms. The van der Waals surface area contributed by atoms with Gasteiger partial charge in [-0.3, -0.25) is 0 Å². The Balaban J connectivity index is 0.991. The molecule has 1 aliphatic heterocycles. The molecular formula is C73H58BN3. The van der Waals surface area contributed by atoms with Crippen LogP contribution in [0.15, 0.2) is 273 Å². The van der Waals surface area contributed by atoms with Gasteiger partial charge in [-0.1, -0.05) is 200 Å². The van der Waals surface area contributed by atoms with E-state index in [1.54, 1.807) is 0 Å². The summed E-state index contributed by atoms with van der Waals surface area (Å²) in [5, 5.41) is 3.97. The van der Waals surface area contributed by atoms with Crippen LogP contribution in [-0.2, 0) is 0 Å². The topological polar surface area (TPSA) is 18.5 Å². The summed E-state index contributed by atoms with van der Waals surface area (Å²) in [6.45, 7) is 2.25. The quantitative estimate of drug-likeness (QED) is 0.123. The lowest BCUT2D eigenvalue weighted by Crippen LogP contribution is -2.41. The van der Waals surface area contributed by atoms with Crippen LogP contribution in [0.3, 0.4) is 0 Å². The number of fused-ring (bicyclic) bond motifs is 2. The first-order chi connectivity index (χ1) is 38.1. The van der Waals surface area contributed by atoms with E-state index in [0.29, 0.717) is 0 Å². The standard InChI is InChI=1S/C73H58BN3/c1-51-47-68(73-72(48-51)77(65-42-33-60(34-43-65)55-23-13-5-14-24-55)71-46-35-61(49-69(71)74-73)56-25-15-6-16-26-56)67-50-66(44-45-70(67)75-62-36-27-57(28-37-62)52-17-7-2-8-18-52)76(63-38-29-58(30-39-63)53-19-9-3-10-20-53)64-40-31-59(32-41-64)54-21-11-4-12-22-54/h2-4,6-12,15-23,25-50,74-75H,5,13-14,24H2,1H3. The Morgan fingerprint density at radius 1 is 0.403 bits per heavy atom. The molecule has 1 aliphatic carbocycles. The zero-order chi connectivity index (χ0) is 51.5. The van der Waals surface area contributed by atoms with Crippen molar-refractivity contribution in [3.8, 4) is 55.6 Å². The van der Waals surface area contributed by atoms with Crippen molar-refractivity contribution < 1.29 is 0 Å². The van der Waals surface area contributed by atoms with E-state index < -0.39 is 0 Å². The molecule has 0 radical (unpaired) electrons. The minimum Gasteiger partial charge on any atom is -0.355 e. The molecule has 11 aromatic rings. The van der Waals surface area contributed by atoms with Crippen LogP contribution in [-0.4, -0.2) is 7.28 Å². The smallest absolute Gasteiger partial charge is 0.198 e. The Hall–Kier alpha value is -9.38. The SMILES string of the molecule is Cc1cc(-c2cc(N(c3ccc(-c4ccccc4)cc3)c3ccc(-c4ccccc4)cc3)ccc2Nc2ccc(-c3ccccc3)cc2)c2c(c1)N(c1ccc(C3=CCCCC3)cc1)c1ccc(-c3ccccc3)cc1B2. The van der Waals surface area contributed by atoms with Crippen molar-refractivity contribution in [1.29, 1.82) is 0 Å². The van der Waals surface area contributed by atoms with Crippen molar-refractivity contribution in [2.45, 2.75) is 32.6 Å². The molecule has 1 heterocycles. The molecule has 0 atom stereocenters. The van der Waals surface area contributed by atoms with Gasteiger partial charge < -0.3 is 15.1 Å². The lowest BCUT2D eigenvalue weighted by Gasteiger charge is -2.36. The van der Waals surface area contributed by atoms with Gasteiger partial charge in [0.25, 0.3) is 0 Å². The molecule has 0 saturated carbocycles. The molecule has 11 aromatic carbocycles. The average Bonchev–Trinajstić information content (AvgIpc) is 3.56. The second-order valence-corrected chi connectivity index (χ2v) is 20.5. The molecule has 1 N–H and O–H groups in total. The van der Waals surface area contributed by atoms with Crippen LogP contribution in [0.2, 0.25) is 0 Å². The summed E-state index contributed by atoms with van der Waals surface area (Å²) in [7, 11) is 0.767. The number of nitrogens with one attached hydrogen (secondary N) is 1. The maximum Gasteiger partial charge on any atom is 0.198 e. The highest BCUT2D eigenvalue weighted by Gasteiger charge is 2.30. The van der Waals surface area contributed by atoms with E-state index in [1.165, 1.54) is 102 Å². The number of hydrogen-bond donors (Lipinski definition) is 1. The van der Waals surface area contributed by atoms with Gasteiger partial charge in [0.2, 0.25) is 0 Å². The highest BCUT2D eigenvalue weighted by Crippen LogP contribution is 2.45. The third-order valence-corrected chi connectivity index (χ3v) is 15.5. The van der Waals surface area contributed by atoms with E-state index >= 15 is 0 Å². The van der Waals surface area contributed by atoms with Gasteiger partial charge in [-0.2, -0.15) is 0 Å². The number of anilines is 8. The number of allylic oxidation sites excluding steroid dienone is 2. The van der Waals surface area contributed by atoms with Gasteiger partial charge >= 0.3 is 0 Å². The molecule has 0 saturated heterocycles. The van der Waals surface area contributed by atoms with Crippen LogP contribution in [0.1, 0.15) is 36.8 Å². The lowest BCUT2D eigenvalue weighted by atomic mass is 9.57. The Labute approximate surface area is 454 Å². The molecule has 2 aliphatic rings. The van der Waals surface area contributed by atoms with Gasteiger partial charge in [-0.05, 0) is 184 Å². The maximum absolute atomic E-state index is 3.97. The van der Waals surface area contributed by atoms with Crippen LogP contribution < -0.4 is 26.0 Å². The molecule has 0 unspecified atom stereocenters. The molecule has 13 rings (SSSR count). The molecule has 3 nitrogen and oxygen atoms in total. The van der Waals surface area contributed by atoms with Crippen molar-refractivity contribution in [3.05, 3.63) is 284 Å². The van der Waals surface area contributed by atoms with Crippen LogP contribution in [0, 0.1) is 6.92 Å². The van der Waals surface area contributed by atoms with Crippen molar-refractivity contribution in [2.75, 3.05) is 15.1 Å². The van der Waals surface area contributed by atoms with Gasteiger partial charge in [0.1, 0.15) is 0 Å². The third kappa shape index (κ3) is 9.79. The first-order valence-corrected chi connectivity index (χ1v) is 27.2. The Bertz CT molecular complexity index is 3790. The molecule has 77 heavy (non-hydrogen) atoms. The molecule has 0 amide bonds. The van der Waals surface area contributed by atoms with Crippen LogP contribution in [0.25, 0.3) is 61.2 Å². The van der Waals surface area contributed by atoms with Crippen molar-refractivity contribution in [3.63, 3.8) is 0 Å². The summed E-state index contributed by atoms with van der Waals surface area (Å²) in [6, 6.07) is 97.8. The minimum atomic E-state index is 0.767. The monoisotopic (exact) mass is 987 g/mol. The molecule has 0 bridgehead atoms. The fourth-order valence-corrected chi connectivity index (χ4v) is 11.6. The van der Waals surface area contributed by atoms with E-state index in [4.69, 9.17) is 0 Å². The maximum atomic E-state index is 3.97. The average molecular weight is 988 g/mol. The van der Waals surface area contributed by atoms with E-state index in [1.807, 2.05) is 0 Å².